The first kappa shape index (κ1) is 12.3. The lowest BCUT2D eigenvalue weighted by molar-refractivity contribution is 0.112. The zero-order chi connectivity index (χ0) is 13.1. The van der Waals surface area contributed by atoms with Crippen LogP contribution in [0.2, 0.25) is 0 Å². The maximum atomic E-state index is 12.1. The Morgan fingerprint density at radius 2 is 2.22 bits per heavy atom. The molecule has 0 saturated carbocycles. The number of anilines is 1. The van der Waals surface area contributed by atoms with Crippen molar-refractivity contribution in [3.8, 4) is 0 Å². The summed E-state index contributed by atoms with van der Waals surface area (Å²) < 4.78 is 1.37. The molecule has 2 heterocycles. The smallest absolute Gasteiger partial charge is 0.270 e. The number of fused-ring (bicyclic) bond motifs is 1. The van der Waals surface area contributed by atoms with Crippen LogP contribution in [0.3, 0.4) is 0 Å². The lowest BCUT2D eigenvalue weighted by Gasteiger charge is -2.11. The highest BCUT2D eigenvalue weighted by Gasteiger charge is 2.11. The molecule has 0 saturated heterocycles. The van der Waals surface area contributed by atoms with E-state index in [1.807, 2.05) is 13.8 Å². The van der Waals surface area contributed by atoms with Crippen LogP contribution in [0.5, 0.6) is 0 Å². The zero-order valence-electron chi connectivity index (χ0n) is 10.4. The lowest BCUT2D eigenvalue weighted by atomic mass is 10.2. The van der Waals surface area contributed by atoms with Crippen LogP contribution in [-0.4, -0.2) is 22.2 Å². The molecule has 0 amide bonds. The van der Waals surface area contributed by atoms with Gasteiger partial charge in [0.1, 0.15) is 17.0 Å². The molecule has 0 aliphatic carbocycles. The van der Waals surface area contributed by atoms with Crippen molar-refractivity contribution in [2.75, 3.05) is 11.9 Å². The number of carbonyl (C=O) groups is 1. The summed E-state index contributed by atoms with van der Waals surface area (Å²) in [6, 6.07) is 5.26. The van der Waals surface area contributed by atoms with E-state index in [9.17, 15) is 9.59 Å². The SMILES string of the molecule is CC(C)CNc1nc2ccccn2c(=O)c1C=O. The quantitative estimate of drug-likeness (QED) is 0.830. The second-order valence-corrected chi connectivity index (χ2v) is 4.50. The summed E-state index contributed by atoms with van der Waals surface area (Å²) in [7, 11) is 0. The number of hydrogen-bond acceptors (Lipinski definition) is 4. The van der Waals surface area contributed by atoms with Gasteiger partial charge in [-0.25, -0.2) is 4.98 Å². The summed E-state index contributed by atoms with van der Waals surface area (Å²) in [5.41, 5.74) is 0.251. The van der Waals surface area contributed by atoms with Crippen molar-refractivity contribution in [3.05, 3.63) is 40.3 Å². The number of nitrogens with zero attached hydrogens (tertiary/aromatic N) is 2. The molecule has 0 atom stereocenters. The molecule has 0 spiro atoms. The van der Waals surface area contributed by atoms with E-state index >= 15 is 0 Å². The number of nitrogens with one attached hydrogen (secondary N) is 1. The molecule has 94 valence electrons. The molecular formula is C13H15N3O2. The summed E-state index contributed by atoms with van der Waals surface area (Å²) in [6.45, 7) is 4.75. The molecule has 2 rings (SSSR count). The van der Waals surface area contributed by atoms with E-state index in [0.29, 0.717) is 30.2 Å². The molecule has 0 aromatic carbocycles. The van der Waals surface area contributed by atoms with E-state index in [1.54, 1.807) is 24.4 Å². The molecule has 5 heteroatoms. The number of carbonyl (C=O) groups excluding carboxylic acids is 1. The summed E-state index contributed by atoms with van der Waals surface area (Å²) in [6.07, 6.45) is 2.15. The fourth-order valence-electron chi connectivity index (χ4n) is 1.64. The highest BCUT2D eigenvalue weighted by Crippen LogP contribution is 2.09. The molecule has 0 bridgehead atoms. The van der Waals surface area contributed by atoms with E-state index < -0.39 is 0 Å². The Kier molecular flexibility index (Phi) is 3.41. The highest BCUT2D eigenvalue weighted by atomic mass is 16.1. The Bertz CT molecular complexity index is 632. The van der Waals surface area contributed by atoms with Crippen LogP contribution in [0.15, 0.2) is 29.2 Å². The lowest BCUT2D eigenvalue weighted by Crippen LogP contribution is -2.23. The molecule has 0 unspecified atom stereocenters. The highest BCUT2D eigenvalue weighted by molar-refractivity contribution is 5.82. The average molecular weight is 245 g/mol. The van der Waals surface area contributed by atoms with Crippen molar-refractivity contribution in [1.29, 1.82) is 0 Å². The van der Waals surface area contributed by atoms with Gasteiger partial charge in [-0.05, 0) is 18.1 Å². The first-order chi connectivity index (χ1) is 8.63. The number of aromatic nitrogens is 2. The van der Waals surface area contributed by atoms with Gasteiger partial charge in [0.2, 0.25) is 0 Å². The third-order valence-electron chi connectivity index (χ3n) is 2.56. The molecule has 0 aliphatic rings. The molecule has 0 radical (unpaired) electrons. The van der Waals surface area contributed by atoms with Crippen LogP contribution >= 0.6 is 0 Å². The van der Waals surface area contributed by atoms with Gasteiger partial charge in [-0.15, -0.1) is 0 Å². The summed E-state index contributed by atoms with van der Waals surface area (Å²) >= 11 is 0. The molecule has 5 nitrogen and oxygen atoms in total. The molecule has 18 heavy (non-hydrogen) atoms. The summed E-state index contributed by atoms with van der Waals surface area (Å²) in [4.78, 5) is 27.4. The summed E-state index contributed by atoms with van der Waals surface area (Å²) in [5, 5.41) is 3.04. The van der Waals surface area contributed by atoms with Crippen LogP contribution < -0.4 is 10.9 Å². The van der Waals surface area contributed by atoms with E-state index in [0.717, 1.165) is 0 Å². The minimum atomic E-state index is -0.346. The van der Waals surface area contributed by atoms with Crippen LogP contribution in [-0.2, 0) is 0 Å². The standard InChI is InChI=1S/C13H15N3O2/c1-9(2)7-14-12-10(8-17)13(18)16-6-4-3-5-11(16)15-12/h3-6,8-9,14H,7H2,1-2H3. The third kappa shape index (κ3) is 2.25. The van der Waals surface area contributed by atoms with E-state index in [2.05, 4.69) is 10.3 Å². The molecule has 1 N–H and O–H groups in total. The summed E-state index contributed by atoms with van der Waals surface area (Å²) in [5.74, 6) is 0.760. The van der Waals surface area contributed by atoms with Crippen molar-refractivity contribution >= 4 is 17.8 Å². The van der Waals surface area contributed by atoms with Gasteiger partial charge < -0.3 is 5.32 Å². The van der Waals surface area contributed by atoms with Crippen LogP contribution in [0.25, 0.3) is 5.65 Å². The minimum Gasteiger partial charge on any atom is -0.369 e. The molecule has 0 aliphatic heterocycles. The Labute approximate surface area is 104 Å². The number of hydrogen-bond donors (Lipinski definition) is 1. The van der Waals surface area contributed by atoms with Crippen molar-refractivity contribution in [2.45, 2.75) is 13.8 Å². The molecule has 2 aromatic heterocycles. The van der Waals surface area contributed by atoms with Gasteiger partial charge >= 0.3 is 0 Å². The Morgan fingerprint density at radius 1 is 1.44 bits per heavy atom. The number of aldehydes is 1. The van der Waals surface area contributed by atoms with Crippen molar-refractivity contribution in [3.63, 3.8) is 0 Å². The molecule has 2 aromatic rings. The van der Waals surface area contributed by atoms with Gasteiger partial charge in [0.25, 0.3) is 5.56 Å². The van der Waals surface area contributed by atoms with Crippen LogP contribution in [0, 0.1) is 5.92 Å². The van der Waals surface area contributed by atoms with Gasteiger partial charge in [-0.1, -0.05) is 19.9 Å². The van der Waals surface area contributed by atoms with Gasteiger partial charge in [-0.2, -0.15) is 0 Å². The molecule has 0 fully saturated rings. The normalized spacial score (nSPS) is 10.8. The largest absolute Gasteiger partial charge is 0.369 e. The average Bonchev–Trinajstić information content (AvgIpc) is 2.36. The van der Waals surface area contributed by atoms with E-state index in [4.69, 9.17) is 0 Å². The monoisotopic (exact) mass is 245 g/mol. The molecular weight excluding hydrogens is 230 g/mol. The predicted molar refractivity (Wildman–Crippen MR) is 70.2 cm³/mol. The fraction of sp³-hybridized carbons (Fsp3) is 0.308. The van der Waals surface area contributed by atoms with Gasteiger partial charge in [-0.3, -0.25) is 14.0 Å². The topological polar surface area (TPSA) is 63.5 Å². The second-order valence-electron chi connectivity index (χ2n) is 4.50. The van der Waals surface area contributed by atoms with E-state index in [-0.39, 0.29) is 11.1 Å². The van der Waals surface area contributed by atoms with Crippen LogP contribution in [0.1, 0.15) is 24.2 Å². The minimum absolute atomic E-state index is 0.0688. The van der Waals surface area contributed by atoms with E-state index in [1.165, 1.54) is 4.40 Å². The number of pyridine rings is 1. The maximum Gasteiger partial charge on any atom is 0.270 e. The van der Waals surface area contributed by atoms with Gasteiger partial charge in [0.15, 0.2) is 6.29 Å². The third-order valence-corrected chi connectivity index (χ3v) is 2.56. The van der Waals surface area contributed by atoms with Crippen molar-refractivity contribution < 1.29 is 4.79 Å². The fourth-order valence-corrected chi connectivity index (χ4v) is 1.64. The zero-order valence-corrected chi connectivity index (χ0v) is 10.4. The first-order valence-electron chi connectivity index (χ1n) is 5.84. The Balaban J connectivity index is 2.58. The van der Waals surface area contributed by atoms with Gasteiger partial charge in [0.05, 0.1) is 0 Å². The van der Waals surface area contributed by atoms with Crippen molar-refractivity contribution in [2.24, 2.45) is 5.92 Å². The maximum absolute atomic E-state index is 12.1. The van der Waals surface area contributed by atoms with Crippen LogP contribution in [0.4, 0.5) is 5.82 Å². The van der Waals surface area contributed by atoms with Crippen molar-refractivity contribution in [1.82, 2.24) is 9.38 Å². The first-order valence-corrected chi connectivity index (χ1v) is 5.84. The Morgan fingerprint density at radius 3 is 2.89 bits per heavy atom. The Hall–Kier alpha value is -2.17. The number of rotatable bonds is 4. The predicted octanol–water partition coefficient (Wildman–Crippen LogP) is 1.57. The van der Waals surface area contributed by atoms with Gasteiger partial charge in [0, 0.05) is 12.7 Å². The second kappa shape index (κ2) is 5.00.